The quantitative estimate of drug-likeness (QED) is 0.733. The number of piperidine rings is 1. The Morgan fingerprint density at radius 1 is 1.11 bits per heavy atom. The molecule has 4 rings (SSSR count). The van der Waals surface area contributed by atoms with Crippen LogP contribution in [0.5, 0.6) is 0 Å². The minimum absolute atomic E-state index is 0.234. The number of aliphatic imine (C=N–C) groups is 1. The highest BCUT2D eigenvalue weighted by molar-refractivity contribution is 8.14. The standard InChI is InChI=1S/C19H27N5O2S2/c25-16(22-23-19-20-8-11-27-19)15-12-28-17(21-15)13-6-9-24(10-7-13)18(26)14-4-2-1-3-5-14/h12-14H,1-11H2,(H,20,23)(H,22,25). The molecule has 7 nitrogen and oxygen atoms in total. The molecule has 1 aromatic rings. The molecule has 2 amide bonds. The summed E-state index contributed by atoms with van der Waals surface area (Å²) in [5, 5.41) is 3.57. The molecule has 1 saturated heterocycles. The second kappa shape index (κ2) is 9.26. The van der Waals surface area contributed by atoms with Gasteiger partial charge in [-0.1, -0.05) is 31.0 Å². The van der Waals surface area contributed by atoms with Crippen molar-refractivity contribution in [2.75, 3.05) is 25.4 Å². The second-order valence-electron chi connectivity index (χ2n) is 7.62. The molecule has 0 spiro atoms. The molecule has 0 bridgehead atoms. The lowest BCUT2D eigenvalue weighted by Crippen LogP contribution is -2.42. The number of thioether (sulfide) groups is 1. The molecule has 2 aliphatic heterocycles. The Labute approximate surface area is 173 Å². The number of hydrogen-bond donors (Lipinski definition) is 2. The summed E-state index contributed by atoms with van der Waals surface area (Å²) >= 11 is 3.14. The predicted octanol–water partition coefficient (Wildman–Crippen LogP) is 2.77. The van der Waals surface area contributed by atoms with Gasteiger partial charge in [-0.05, 0) is 25.7 Å². The number of thiazole rings is 1. The molecule has 3 aliphatic rings. The second-order valence-corrected chi connectivity index (χ2v) is 9.59. The maximum atomic E-state index is 12.7. The van der Waals surface area contributed by atoms with Gasteiger partial charge in [0.25, 0.3) is 5.91 Å². The van der Waals surface area contributed by atoms with Crippen molar-refractivity contribution in [2.45, 2.75) is 50.9 Å². The van der Waals surface area contributed by atoms with Crippen LogP contribution in [-0.2, 0) is 4.79 Å². The number of rotatable bonds is 3. The van der Waals surface area contributed by atoms with Crippen molar-refractivity contribution in [2.24, 2.45) is 10.9 Å². The maximum Gasteiger partial charge on any atom is 0.289 e. The molecular formula is C19H27N5O2S2. The Bertz CT molecular complexity index is 736. The zero-order chi connectivity index (χ0) is 19.3. The molecule has 0 aromatic carbocycles. The summed E-state index contributed by atoms with van der Waals surface area (Å²) < 4.78 is 0. The van der Waals surface area contributed by atoms with E-state index in [1.807, 2.05) is 5.38 Å². The van der Waals surface area contributed by atoms with Crippen LogP contribution >= 0.6 is 23.1 Å². The summed E-state index contributed by atoms with van der Waals surface area (Å²) in [6, 6.07) is 0. The first-order valence-corrected chi connectivity index (χ1v) is 12.0. The third-order valence-corrected chi connectivity index (χ3v) is 7.63. The van der Waals surface area contributed by atoms with Gasteiger partial charge in [0.1, 0.15) is 5.69 Å². The number of hydrazine groups is 1. The van der Waals surface area contributed by atoms with Crippen molar-refractivity contribution < 1.29 is 9.59 Å². The molecular weight excluding hydrogens is 394 g/mol. The van der Waals surface area contributed by atoms with Gasteiger partial charge in [-0.15, -0.1) is 11.3 Å². The lowest BCUT2D eigenvalue weighted by atomic mass is 9.87. The highest BCUT2D eigenvalue weighted by Gasteiger charge is 2.30. The fourth-order valence-electron chi connectivity index (χ4n) is 4.12. The summed E-state index contributed by atoms with van der Waals surface area (Å²) in [6.07, 6.45) is 7.63. The number of aromatic nitrogens is 1. The van der Waals surface area contributed by atoms with E-state index in [0.29, 0.717) is 17.5 Å². The SMILES string of the molecule is O=C(NNC1=NCCS1)c1csc(C2CCN(C(=O)C3CCCCC3)CC2)n1. The fraction of sp³-hybridized carbons (Fsp3) is 0.684. The zero-order valence-electron chi connectivity index (χ0n) is 16.0. The Morgan fingerprint density at radius 2 is 1.89 bits per heavy atom. The van der Waals surface area contributed by atoms with Crippen LogP contribution in [0.4, 0.5) is 0 Å². The first kappa shape index (κ1) is 19.7. The van der Waals surface area contributed by atoms with Crippen LogP contribution in [0, 0.1) is 5.92 Å². The van der Waals surface area contributed by atoms with Gasteiger partial charge >= 0.3 is 0 Å². The summed E-state index contributed by atoms with van der Waals surface area (Å²) in [5.41, 5.74) is 5.96. The molecule has 2 N–H and O–H groups in total. The smallest absolute Gasteiger partial charge is 0.289 e. The van der Waals surface area contributed by atoms with Crippen molar-refractivity contribution in [3.63, 3.8) is 0 Å². The van der Waals surface area contributed by atoms with Gasteiger partial charge in [0, 0.05) is 36.1 Å². The van der Waals surface area contributed by atoms with Gasteiger partial charge < -0.3 is 4.90 Å². The van der Waals surface area contributed by atoms with Crippen LogP contribution in [0.3, 0.4) is 0 Å². The van der Waals surface area contributed by atoms with E-state index >= 15 is 0 Å². The molecule has 1 aliphatic carbocycles. The van der Waals surface area contributed by atoms with E-state index in [1.165, 1.54) is 19.3 Å². The highest BCUT2D eigenvalue weighted by atomic mass is 32.2. The average Bonchev–Trinajstić information content (AvgIpc) is 3.44. The van der Waals surface area contributed by atoms with E-state index in [0.717, 1.165) is 61.2 Å². The molecule has 152 valence electrons. The van der Waals surface area contributed by atoms with Gasteiger partial charge in [0.15, 0.2) is 5.17 Å². The summed E-state index contributed by atoms with van der Waals surface area (Å²) in [5.74, 6) is 1.65. The number of nitrogens with zero attached hydrogens (tertiary/aromatic N) is 3. The molecule has 28 heavy (non-hydrogen) atoms. The fourth-order valence-corrected chi connectivity index (χ4v) is 5.77. The van der Waals surface area contributed by atoms with Crippen LogP contribution in [0.1, 0.15) is 66.4 Å². The molecule has 3 heterocycles. The number of likely N-dealkylation sites (tertiary alicyclic amines) is 1. The lowest BCUT2D eigenvalue weighted by Gasteiger charge is -2.34. The minimum Gasteiger partial charge on any atom is -0.342 e. The van der Waals surface area contributed by atoms with Crippen molar-refractivity contribution in [1.82, 2.24) is 20.7 Å². The minimum atomic E-state index is -0.234. The first-order valence-electron chi connectivity index (χ1n) is 10.2. The average molecular weight is 422 g/mol. The molecule has 0 atom stereocenters. The van der Waals surface area contributed by atoms with E-state index in [-0.39, 0.29) is 11.8 Å². The Hall–Kier alpha value is -1.61. The van der Waals surface area contributed by atoms with Gasteiger partial charge in [0.2, 0.25) is 5.91 Å². The van der Waals surface area contributed by atoms with Crippen LogP contribution in [-0.4, -0.2) is 52.3 Å². The number of carbonyl (C=O) groups is 2. The molecule has 1 saturated carbocycles. The van der Waals surface area contributed by atoms with Gasteiger partial charge in [-0.2, -0.15) is 0 Å². The number of carbonyl (C=O) groups excluding carboxylic acids is 2. The largest absolute Gasteiger partial charge is 0.342 e. The number of hydrogen-bond acceptors (Lipinski definition) is 7. The normalized spacial score (nSPS) is 21.4. The monoisotopic (exact) mass is 421 g/mol. The van der Waals surface area contributed by atoms with Gasteiger partial charge in [0.05, 0.1) is 11.6 Å². The summed E-state index contributed by atoms with van der Waals surface area (Å²) in [4.78, 5) is 35.8. The molecule has 2 fully saturated rings. The lowest BCUT2D eigenvalue weighted by molar-refractivity contribution is -0.137. The summed E-state index contributed by atoms with van der Waals surface area (Å²) in [7, 11) is 0. The summed E-state index contributed by atoms with van der Waals surface area (Å²) in [6.45, 7) is 2.39. The Balaban J connectivity index is 1.26. The van der Waals surface area contributed by atoms with E-state index in [9.17, 15) is 9.59 Å². The Kier molecular flexibility index (Phi) is 6.51. The van der Waals surface area contributed by atoms with Crippen LogP contribution in [0.15, 0.2) is 10.4 Å². The molecule has 0 unspecified atom stereocenters. The first-order chi connectivity index (χ1) is 13.7. The van der Waals surface area contributed by atoms with Crippen LogP contribution in [0.2, 0.25) is 0 Å². The number of nitrogens with one attached hydrogen (secondary N) is 2. The Morgan fingerprint density at radius 3 is 2.61 bits per heavy atom. The third-order valence-electron chi connectivity index (χ3n) is 5.73. The van der Waals surface area contributed by atoms with E-state index < -0.39 is 0 Å². The number of amides is 2. The van der Waals surface area contributed by atoms with Crippen LogP contribution in [0.25, 0.3) is 0 Å². The van der Waals surface area contributed by atoms with Crippen molar-refractivity contribution in [3.8, 4) is 0 Å². The zero-order valence-corrected chi connectivity index (χ0v) is 17.6. The van der Waals surface area contributed by atoms with E-state index in [1.54, 1.807) is 23.1 Å². The van der Waals surface area contributed by atoms with Gasteiger partial charge in [-0.25, -0.2) is 4.98 Å². The third kappa shape index (κ3) is 4.68. The van der Waals surface area contributed by atoms with Crippen molar-refractivity contribution >= 4 is 40.1 Å². The van der Waals surface area contributed by atoms with Crippen molar-refractivity contribution in [1.29, 1.82) is 0 Å². The molecule has 9 heteroatoms. The number of amidine groups is 1. The van der Waals surface area contributed by atoms with E-state index in [4.69, 9.17) is 0 Å². The predicted molar refractivity (Wildman–Crippen MR) is 113 cm³/mol. The van der Waals surface area contributed by atoms with Crippen molar-refractivity contribution in [3.05, 3.63) is 16.1 Å². The highest BCUT2D eigenvalue weighted by Crippen LogP contribution is 2.32. The maximum absolute atomic E-state index is 12.7. The van der Waals surface area contributed by atoms with Gasteiger partial charge in [-0.3, -0.25) is 25.4 Å². The van der Waals surface area contributed by atoms with Crippen LogP contribution < -0.4 is 10.9 Å². The topological polar surface area (TPSA) is 86.7 Å². The molecule has 1 aromatic heterocycles. The molecule has 0 radical (unpaired) electrons. The van der Waals surface area contributed by atoms with E-state index in [2.05, 4.69) is 25.7 Å².